The number of aryl methyl sites for hydroxylation is 2. The Morgan fingerprint density at radius 3 is 2.80 bits per heavy atom. The van der Waals surface area contributed by atoms with E-state index in [0.717, 1.165) is 5.69 Å². The molecule has 0 aromatic carbocycles. The lowest BCUT2D eigenvalue weighted by molar-refractivity contribution is 0.537. The van der Waals surface area contributed by atoms with Gasteiger partial charge in [-0.05, 0) is 6.92 Å². The van der Waals surface area contributed by atoms with Gasteiger partial charge in [-0.2, -0.15) is 14.5 Å². The molecule has 0 saturated carbocycles. The van der Waals surface area contributed by atoms with Gasteiger partial charge in [0, 0.05) is 25.0 Å². The predicted molar refractivity (Wildman–Crippen MR) is 53.2 cm³/mol. The van der Waals surface area contributed by atoms with Crippen LogP contribution in [0.3, 0.4) is 0 Å². The van der Waals surface area contributed by atoms with Crippen LogP contribution in [0.5, 0.6) is 0 Å². The van der Waals surface area contributed by atoms with Crippen molar-refractivity contribution < 1.29 is 4.39 Å². The molecule has 0 fully saturated rings. The van der Waals surface area contributed by atoms with E-state index in [1.807, 2.05) is 0 Å². The van der Waals surface area contributed by atoms with Gasteiger partial charge in [-0.1, -0.05) is 0 Å². The Kier molecular flexibility index (Phi) is 2.32. The molecule has 0 bridgehead atoms. The van der Waals surface area contributed by atoms with Crippen molar-refractivity contribution in [2.45, 2.75) is 6.92 Å². The van der Waals surface area contributed by atoms with Crippen molar-refractivity contribution in [1.82, 2.24) is 19.7 Å². The van der Waals surface area contributed by atoms with E-state index in [1.165, 1.54) is 0 Å². The van der Waals surface area contributed by atoms with Crippen LogP contribution in [0.1, 0.15) is 5.69 Å². The maximum atomic E-state index is 12.9. The first-order valence-electron chi connectivity index (χ1n) is 4.40. The maximum absolute atomic E-state index is 12.9. The van der Waals surface area contributed by atoms with Gasteiger partial charge in [-0.3, -0.25) is 4.68 Å². The second-order valence-corrected chi connectivity index (χ2v) is 3.19. The Labute approximate surface area is 86.0 Å². The van der Waals surface area contributed by atoms with Gasteiger partial charge in [0.15, 0.2) is 0 Å². The average molecular weight is 207 g/mol. The molecule has 2 rings (SSSR count). The van der Waals surface area contributed by atoms with Crippen LogP contribution in [0.15, 0.2) is 18.5 Å². The summed E-state index contributed by atoms with van der Waals surface area (Å²) in [4.78, 5) is 7.16. The van der Waals surface area contributed by atoms with Gasteiger partial charge >= 0.3 is 6.08 Å². The molecule has 0 spiro atoms. The zero-order valence-electron chi connectivity index (χ0n) is 8.40. The van der Waals surface area contributed by atoms with E-state index in [-0.39, 0.29) is 0 Å². The molecule has 0 aliphatic rings. The third-order valence-electron chi connectivity index (χ3n) is 1.80. The fourth-order valence-corrected chi connectivity index (χ4v) is 1.23. The van der Waals surface area contributed by atoms with E-state index < -0.39 is 6.08 Å². The number of nitrogens with zero attached hydrogens (tertiary/aromatic N) is 4. The van der Waals surface area contributed by atoms with Crippen LogP contribution in [0.25, 0.3) is 0 Å². The van der Waals surface area contributed by atoms with Crippen LogP contribution in [0.2, 0.25) is 0 Å². The van der Waals surface area contributed by atoms with Crippen LogP contribution in [0, 0.1) is 13.0 Å². The zero-order valence-corrected chi connectivity index (χ0v) is 8.40. The average Bonchev–Trinajstić information content (AvgIpc) is 2.49. The molecular formula is C9H10FN5. The SMILES string of the molecule is Cc1cc(Nc2cnn(C)c2)nc(F)n1. The minimum absolute atomic E-state index is 0.424. The molecule has 6 heteroatoms. The molecule has 0 aliphatic carbocycles. The summed E-state index contributed by atoms with van der Waals surface area (Å²) in [6.45, 7) is 1.71. The van der Waals surface area contributed by atoms with Gasteiger partial charge in [-0.25, -0.2) is 4.98 Å². The molecule has 2 aromatic rings. The van der Waals surface area contributed by atoms with E-state index in [0.29, 0.717) is 11.5 Å². The van der Waals surface area contributed by atoms with Crippen LogP contribution in [-0.4, -0.2) is 19.7 Å². The summed E-state index contributed by atoms with van der Waals surface area (Å²) < 4.78 is 14.5. The Morgan fingerprint density at radius 2 is 2.20 bits per heavy atom. The summed E-state index contributed by atoms with van der Waals surface area (Å²) in [5.41, 5.74) is 1.34. The predicted octanol–water partition coefficient (Wildman–Crippen LogP) is 1.40. The van der Waals surface area contributed by atoms with Crippen molar-refractivity contribution in [3.8, 4) is 0 Å². The molecule has 0 amide bonds. The lowest BCUT2D eigenvalue weighted by Gasteiger charge is -2.02. The summed E-state index contributed by atoms with van der Waals surface area (Å²) in [7, 11) is 1.80. The maximum Gasteiger partial charge on any atom is 0.310 e. The second kappa shape index (κ2) is 3.64. The first-order valence-corrected chi connectivity index (χ1v) is 4.40. The number of hydrogen-bond donors (Lipinski definition) is 1. The molecule has 2 aromatic heterocycles. The first kappa shape index (κ1) is 9.57. The van der Waals surface area contributed by atoms with Crippen molar-refractivity contribution in [1.29, 1.82) is 0 Å². The van der Waals surface area contributed by atoms with Crippen molar-refractivity contribution >= 4 is 11.5 Å². The zero-order chi connectivity index (χ0) is 10.8. The number of nitrogens with one attached hydrogen (secondary N) is 1. The molecular weight excluding hydrogens is 197 g/mol. The molecule has 0 radical (unpaired) electrons. The molecule has 0 saturated heterocycles. The van der Waals surface area contributed by atoms with Crippen LogP contribution < -0.4 is 5.32 Å². The molecule has 78 valence electrons. The van der Waals surface area contributed by atoms with Crippen molar-refractivity contribution in [2.24, 2.45) is 7.05 Å². The van der Waals surface area contributed by atoms with Gasteiger partial charge in [0.05, 0.1) is 11.9 Å². The lowest BCUT2D eigenvalue weighted by atomic mass is 10.4. The number of halogens is 1. The number of rotatable bonds is 2. The lowest BCUT2D eigenvalue weighted by Crippen LogP contribution is -1.98. The third kappa shape index (κ3) is 2.28. The minimum Gasteiger partial charge on any atom is -0.337 e. The Hall–Kier alpha value is -1.98. The molecule has 2 heterocycles. The highest BCUT2D eigenvalue weighted by molar-refractivity contribution is 5.53. The third-order valence-corrected chi connectivity index (χ3v) is 1.80. The van der Waals surface area contributed by atoms with Crippen molar-refractivity contribution in [3.05, 3.63) is 30.2 Å². The van der Waals surface area contributed by atoms with Crippen molar-refractivity contribution in [2.75, 3.05) is 5.32 Å². The molecule has 15 heavy (non-hydrogen) atoms. The standard InChI is InChI=1S/C9H10FN5/c1-6-3-8(14-9(10)12-6)13-7-4-11-15(2)5-7/h3-5H,1-2H3,(H,12,13,14). The smallest absolute Gasteiger partial charge is 0.310 e. The summed E-state index contributed by atoms with van der Waals surface area (Å²) in [5.74, 6) is 0.424. The summed E-state index contributed by atoms with van der Waals surface area (Å²) >= 11 is 0. The van der Waals surface area contributed by atoms with E-state index in [9.17, 15) is 4.39 Å². The molecule has 0 atom stereocenters. The second-order valence-electron chi connectivity index (χ2n) is 3.19. The highest BCUT2D eigenvalue weighted by atomic mass is 19.1. The highest BCUT2D eigenvalue weighted by Crippen LogP contribution is 2.13. The first-order chi connectivity index (χ1) is 7.13. The minimum atomic E-state index is -0.735. The Bertz CT molecular complexity index is 459. The van der Waals surface area contributed by atoms with Crippen LogP contribution >= 0.6 is 0 Å². The Balaban J connectivity index is 2.24. The van der Waals surface area contributed by atoms with E-state index in [1.54, 1.807) is 37.1 Å². The van der Waals surface area contributed by atoms with Crippen LogP contribution in [-0.2, 0) is 7.05 Å². The Morgan fingerprint density at radius 1 is 1.40 bits per heavy atom. The molecule has 5 nitrogen and oxygen atoms in total. The largest absolute Gasteiger partial charge is 0.337 e. The topological polar surface area (TPSA) is 55.6 Å². The number of anilines is 2. The molecule has 1 N–H and O–H groups in total. The van der Waals surface area contributed by atoms with Crippen LogP contribution in [0.4, 0.5) is 15.9 Å². The molecule has 0 aliphatic heterocycles. The number of aromatic nitrogens is 4. The van der Waals surface area contributed by atoms with E-state index >= 15 is 0 Å². The quantitative estimate of drug-likeness (QED) is 0.756. The van der Waals surface area contributed by atoms with Gasteiger partial charge in [-0.15, -0.1) is 0 Å². The van der Waals surface area contributed by atoms with Gasteiger partial charge in [0.25, 0.3) is 0 Å². The monoisotopic (exact) mass is 207 g/mol. The highest BCUT2D eigenvalue weighted by Gasteiger charge is 2.02. The fourth-order valence-electron chi connectivity index (χ4n) is 1.23. The van der Waals surface area contributed by atoms with E-state index in [2.05, 4.69) is 20.4 Å². The van der Waals surface area contributed by atoms with Gasteiger partial charge < -0.3 is 5.32 Å². The summed E-state index contributed by atoms with van der Waals surface area (Å²) in [6, 6.07) is 1.66. The normalized spacial score (nSPS) is 10.3. The molecule has 0 unspecified atom stereocenters. The van der Waals surface area contributed by atoms with E-state index in [4.69, 9.17) is 0 Å². The fraction of sp³-hybridized carbons (Fsp3) is 0.222. The number of hydrogen-bond acceptors (Lipinski definition) is 4. The van der Waals surface area contributed by atoms with Gasteiger partial charge in [0.2, 0.25) is 0 Å². The summed E-state index contributed by atoms with van der Waals surface area (Å²) in [5, 5.41) is 6.91. The van der Waals surface area contributed by atoms with Crippen molar-refractivity contribution in [3.63, 3.8) is 0 Å². The summed E-state index contributed by atoms with van der Waals surface area (Å²) in [6.07, 6.45) is 2.67. The van der Waals surface area contributed by atoms with Gasteiger partial charge in [0.1, 0.15) is 5.82 Å².